The fraction of sp³-hybridized carbons (Fsp3) is 0.0476. The van der Waals surface area contributed by atoms with E-state index in [0.717, 1.165) is 5.69 Å². The molecule has 0 radical (unpaired) electrons. The lowest BCUT2D eigenvalue weighted by Gasteiger charge is -2.23. The average molecular weight is 343 g/mol. The van der Waals surface area contributed by atoms with Crippen LogP contribution in [0.4, 0.5) is 22.7 Å². The van der Waals surface area contributed by atoms with Gasteiger partial charge in [-0.15, -0.1) is 0 Å². The Hall–Kier alpha value is -3.60. The topological polar surface area (TPSA) is 84.2 Å². The van der Waals surface area contributed by atoms with Crippen LogP contribution in [0.2, 0.25) is 0 Å². The first-order chi connectivity index (χ1) is 12.6. The second kappa shape index (κ2) is 6.04. The van der Waals surface area contributed by atoms with E-state index in [9.17, 15) is 9.59 Å². The molecule has 0 amide bonds. The zero-order chi connectivity index (χ0) is 18.3. The molecule has 0 fully saturated rings. The van der Waals surface area contributed by atoms with Crippen LogP contribution in [-0.4, -0.2) is 18.6 Å². The van der Waals surface area contributed by atoms with E-state index in [1.54, 1.807) is 55.6 Å². The van der Waals surface area contributed by atoms with E-state index in [2.05, 4.69) is 10.6 Å². The zero-order valence-electron chi connectivity index (χ0n) is 14.2. The standard InChI is InChI=1S/C21H17N3O2/c1-23-16-10-11-17(24-13-8-6-12(22)7-9-13)19-18(16)20(25)14-4-2-3-5-15(14)21(19)26/h2-11,23-24H,22H2,1H3. The van der Waals surface area contributed by atoms with Gasteiger partial charge in [-0.3, -0.25) is 9.59 Å². The monoisotopic (exact) mass is 343 g/mol. The van der Waals surface area contributed by atoms with E-state index in [0.29, 0.717) is 39.3 Å². The number of nitrogens with one attached hydrogen (secondary N) is 2. The smallest absolute Gasteiger partial charge is 0.196 e. The van der Waals surface area contributed by atoms with Crippen LogP contribution < -0.4 is 16.4 Å². The number of benzene rings is 3. The number of nitrogens with two attached hydrogens (primary N) is 1. The third-order valence-electron chi connectivity index (χ3n) is 4.53. The summed E-state index contributed by atoms with van der Waals surface area (Å²) in [5.41, 5.74) is 10.1. The number of hydrogen-bond donors (Lipinski definition) is 3. The third kappa shape index (κ3) is 2.41. The minimum atomic E-state index is -0.162. The third-order valence-corrected chi connectivity index (χ3v) is 4.53. The Balaban J connectivity index is 1.90. The molecule has 4 rings (SSSR count). The highest BCUT2D eigenvalue weighted by Gasteiger charge is 2.33. The van der Waals surface area contributed by atoms with Crippen LogP contribution in [0.5, 0.6) is 0 Å². The summed E-state index contributed by atoms with van der Waals surface area (Å²) in [6.07, 6.45) is 0. The Labute approximate surface area is 150 Å². The van der Waals surface area contributed by atoms with E-state index in [4.69, 9.17) is 5.73 Å². The number of fused-ring (bicyclic) bond motifs is 2. The van der Waals surface area contributed by atoms with Crippen molar-refractivity contribution >= 4 is 34.3 Å². The van der Waals surface area contributed by atoms with Crippen molar-refractivity contribution in [2.75, 3.05) is 23.4 Å². The number of ketones is 2. The maximum Gasteiger partial charge on any atom is 0.196 e. The van der Waals surface area contributed by atoms with Gasteiger partial charge in [0.05, 0.1) is 16.8 Å². The molecule has 3 aromatic carbocycles. The summed E-state index contributed by atoms with van der Waals surface area (Å²) < 4.78 is 0. The summed E-state index contributed by atoms with van der Waals surface area (Å²) in [6, 6.07) is 17.7. The molecule has 0 aliphatic heterocycles. The van der Waals surface area contributed by atoms with Crippen molar-refractivity contribution in [3.05, 3.63) is 82.9 Å². The van der Waals surface area contributed by atoms with Crippen molar-refractivity contribution in [3.8, 4) is 0 Å². The van der Waals surface area contributed by atoms with Crippen LogP contribution in [0.1, 0.15) is 31.8 Å². The number of nitrogen functional groups attached to an aromatic ring is 1. The van der Waals surface area contributed by atoms with Crippen LogP contribution in [-0.2, 0) is 0 Å². The van der Waals surface area contributed by atoms with Crippen molar-refractivity contribution in [3.63, 3.8) is 0 Å². The van der Waals surface area contributed by atoms with Gasteiger partial charge in [0.2, 0.25) is 0 Å². The normalized spacial score (nSPS) is 12.3. The van der Waals surface area contributed by atoms with Crippen LogP contribution >= 0.6 is 0 Å². The van der Waals surface area contributed by atoms with E-state index in [1.165, 1.54) is 0 Å². The van der Waals surface area contributed by atoms with Crippen molar-refractivity contribution in [2.24, 2.45) is 0 Å². The summed E-state index contributed by atoms with van der Waals surface area (Å²) in [5, 5.41) is 6.25. The Kier molecular flexibility index (Phi) is 3.69. The second-order valence-electron chi connectivity index (χ2n) is 6.11. The Morgan fingerprint density at radius 3 is 1.85 bits per heavy atom. The van der Waals surface area contributed by atoms with E-state index >= 15 is 0 Å². The first-order valence-electron chi connectivity index (χ1n) is 8.26. The minimum Gasteiger partial charge on any atom is -0.399 e. The summed E-state index contributed by atoms with van der Waals surface area (Å²) in [7, 11) is 1.74. The molecule has 0 saturated heterocycles. The number of hydrogen-bond acceptors (Lipinski definition) is 5. The van der Waals surface area contributed by atoms with Crippen LogP contribution in [0.15, 0.2) is 60.7 Å². The second-order valence-corrected chi connectivity index (χ2v) is 6.11. The summed E-state index contributed by atoms with van der Waals surface area (Å²) in [5.74, 6) is -0.314. The van der Waals surface area contributed by atoms with Gasteiger partial charge in [-0.05, 0) is 36.4 Å². The van der Waals surface area contributed by atoms with Gasteiger partial charge in [-0.2, -0.15) is 0 Å². The van der Waals surface area contributed by atoms with Crippen molar-refractivity contribution in [1.29, 1.82) is 0 Å². The molecule has 0 aromatic heterocycles. The molecule has 0 saturated carbocycles. The number of anilines is 4. The van der Waals surface area contributed by atoms with Crippen LogP contribution in [0.25, 0.3) is 0 Å². The van der Waals surface area contributed by atoms with Gasteiger partial charge in [-0.1, -0.05) is 24.3 Å². The maximum absolute atomic E-state index is 13.1. The molecule has 26 heavy (non-hydrogen) atoms. The average Bonchev–Trinajstić information content (AvgIpc) is 2.67. The van der Waals surface area contributed by atoms with Crippen molar-refractivity contribution < 1.29 is 9.59 Å². The van der Waals surface area contributed by atoms with Crippen LogP contribution in [0, 0.1) is 0 Å². The fourth-order valence-corrected chi connectivity index (χ4v) is 3.26. The van der Waals surface area contributed by atoms with Gasteiger partial charge in [0.15, 0.2) is 11.6 Å². The highest BCUT2D eigenvalue weighted by molar-refractivity contribution is 6.32. The molecular weight excluding hydrogens is 326 g/mol. The minimum absolute atomic E-state index is 0.152. The Bertz CT molecular complexity index is 1040. The van der Waals surface area contributed by atoms with Gasteiger partial charge in [-0.25, -0.2) is 0 Å². The Morgan fingerprint density at radius 1 is 0.731 bits per heavy atom. The number of carbonyl (C=O) groups excluding carboxylic acids is 2. The molecule has 128 valence electrons. The predicted molar refractivity (Wildman–Crippen MR) is 103 cm³/mol. The van der Waals surface area contributed by atoms with Gasteiger partial charge in [0.25, 0.3) is 0 Å². The molecule has 4 N–H and O–H groups in total. The van der Waals surface area contributed by atoms with E-state index in [-0.39, 0.29) is 11.6 Å². The van der Waals surface area contributed by atoms with E-state index in [1.807, 2.05) is 12.1 Å². The van der Waals surface area contributed by atoms with E-state index < -0.39 is 0 Å². The molecular formula is C21H17N3O2. The molecule has 0 heterocycles. The molecule has 1 aliphatic rings. The first kappa shape index (κ1) is 15.9. The molecule has 0 bridgehead atoms. The predicted octanol–water partition coefficient (Wildman–Crippen LogP) is 3.83. The lowest BCUT2D eigenvalue weighted by molar-refractivity contribution is 0.0980. The summed E-state index contributed by atoms with van der Waals surface area (Å²) in [6.45, 7) is 0. The molecule has 5 heteroatoms. The maximum atomic E-state index is 13.1. The molecule has 0 unspecified atom stereocenters. The van der Waals surface area contributed by atoms with Gasteiger partial charge >= 0.3 is 0 Å². The molecule has 1 aliphatic carbocycles. The first-order valence-corrected chi connectivity index (χ1v) is 8.26. The summed E-state index contributed by atoms with van der Waals surface area (Å²) >= 11 is 0. The SMILES string of the molecule is CNc1ccc(Nc2ccc(N)cc2)c2c1C(=O)c1ccccc1C2=O. The Morgan fingerprint density at radius 2 is 1.27 bits per heavy atom. The number of rotatable bonds is 3. The zero-order valence-corrected chi connectivity index (χ0v) is 14.2. The van der Waals surface area contributed by atoms with Gasteiger partial charge < -0.3 is 16.4 Å². The molecule has 5 nitrogen and oxygen atoms in total. The van der Waals surface area contributed by atoms with Crippen molar-refractivity contribution in [2.45, 2.75) is 0 Å². The van der Waals surface area contributed by atoms with Gasteiger partial charge in [0, 0.05) is 35.2 Å². The van der Waals surface area contributed by atoms with Crippen molar-refractivity contribution in [1.82, 2.24) is 0 Å². The fourth-order valence-electron chi connectivity index (χ4n) is 3.26. The van der Waals surface area contributed by atoms with Gasteiger partial charge in [0.1, 0.15) is 0 Å². The highest BCUT2D eigenvalue weighted by atomic mass is 16.1. The lowest BCUT2D eigenvalue weighted by atomic mass is 9.82. The molecule has 3 aromatic rings. The molecule has 0 atom stereocenters. The van der Waals surface area contributed by atoms with Crippen LogP contribution in [0.3, 0.4) is 0 Å². The highest BCUT2D eigenvalue weighted by Crippen LogP contribution is 2.37. The summed E-state index contributed by atoms with van der Waals surface area (Å²) in [4.78, 5) is 26.2. The number of carbonyl (C=O) groups is 2. The largest absolute Gasteiger partial charge is 0.399 e. The molecule has 0 spiro atoms. The lowest BCUT2D eigenvalue weighted by Crippen LogP contribution is -2.23. The quantitative estimate of drug-likeness (QED) is 0.492.